The lowest BCUT2D eigenvalue weighted by Gasteiger charge is -2.16. The van der Waals surface area contributed by atoms with Crippen LogP contribution >= 0.6 is 0 Å². The Bertz CT molecular complexity index is 358. The van der Waals surface area contributed by atoms with Gasteiger partial charge in [0.05, 0.1) is 0 Å². The van der Waals surface area contributed by atoms with E-state index < -0.39 is 0 Å². The van der Waals surface area contributed by atoms with Crippen molar-refractivity contribution in [3.8, 4) is 0 Å². The molecule has 0 aliphatic carbocycles. The Labute approximate surface area is 93.3 Å². The first-order valence-corrected chi connectivity index (χ1v) is 5.33. The fraction of sp³-hybridized carbons (Fsp3) is 0.267. The van der Waals surface area contributed by atoms with Gasteiger partial charge >= 0.3 is 0 Å². The van der Waals surface area contributed by atoms with Crippen LogP contribution in [0, 0.1) is 5.92 Å². The predicted octanol–water partition coefficient (Wildman–Crippen LogP) is 4.58. The molecule has 0 amide bonds. The fourth-order valence-electron chi connectivity index (χ4n) is 1.77. The molecule has 1 aromatic rings. The first-order chi connectivity index (χ1) is 7.11. The standard InChI is InChI=1S/C15H19/c1-6-12(5)15-10-8-9-14(11(3)4)13(15)7-2/h6-11H,1-2H2,3-5H3. The topological polar surface area (TPSA) is 0 Å². The van der Waals surface area contributed by atoms with E-state index in [0.29, 0.717) is 5.92 Å². The molecule has 0 aromatic heterocycles. The zero-order valence-corrected chi connectivity index (χ0v) is 9.88. The maximum Gasteiger partial charge on any atom is 0.0236 e. The molecule has 79 valence electrons. The minimum atomic E-state index is 0.524. The Kier molecular flexibility index (Phi) is 3.90. The van der Waals surface area contributed by atoms with Crippen LogP contribution in [0.15, 0.2) is 37.4 Å². The van der Waals surface area contributed by atoms with E-state index in [2.05, 4.69) is 52.1 Å². The summed E-state index contributed by atoms with van der Waals surface area (Å²) in [5.74, 6) is 1.72. The molecule has 0 heterocycles. The lowest BCUT2D eigenvalue weighted by Crippen LogP contribution is -1.99. The van der Waals surface area contributed by atoms with Gasteiger partial charge in [0.25, 0.3) is 0 Å². The highest BCUT2D eigenvalue weighted by molar-refractivity contribution is 5.62. The number of hydrogen-bond acceptors (Lipinski definition) is 0. The second-order valence-corrected chi connectivity index (χ2v) is 4.05. The van der Waals surface area contributed by atoms with Crippen LogP contribution in [0.4, 0.5) is 0 Å². The zero-order valence-electron chi connectivity index (χ0n) is 9.88. The van der Waals surface area contributed by atoms with E-state index in [0.717, 1.165) is 0 Å². The summed E-state index contributed by atoms with van der Waals surface area (Å²) in [7, 11) is 0. The van der Waals surface area contributed by atoms with Crippen molar-refractivity contribution >= 4 is 6.08 Å². The Hall–Kier alpha value is -1.30. The highest BCUT2D eigenvalue weighted by Crippen LogP contribution is 2.28. The largest absolute Gasteiger partial charge is 0.102 e. The van der Waals surface area contributed by atoms with E-state index >= 15 is 0 Å². The molecular formula is C15H19. The van der Waals surface area contributed by atoms with Crippen LogP contribution in [0.5, 0.6) is 0 Å². The van der Waals surface area contributed by atoms with Gasteiger partial charge in [-0.15, -0.1) is 6.58 Å². The van der Waals surface area contributed by atoms with Gasteiger partial charge in [-0.3, -0.25) is 0 Å². The van der Waals surface area contributed by atoms with Gasteiger partial charge in [0, 0.05) is 5.92 Å². The van der Waals surface area contributed by atoms with Crippen molar-refractivity contribution in [2.45, 2.75) is 26.7 Å². The number of hydrogen-bond donors (Lipinski definition) is 0. The molecule has 0 bridgehead atoms. The van der Waals surface area contributed by atoms with Crippen molar-refractivity contribution in [1.29, 1.82) is 0 Å². The smallest absolute Gasteiger partial charge is 0.0236 e. The molecule has 0 atom stereocenters. The van der Waals surface area contributed by atoms with Crippen molar-refractivity contribution in [2.75, 3.05) is 0 Å². The van der Waals surface area contributed by atoms with Crippen LogP contribution in [0.3, 0.4) is 0 Å². The molecule has 0 spiro atoms. The number of rotatable bonds is 4. The van der Waals surface area contributed by atoms with Crippen molar-refractivity contribution < 1.29 is 0 Å². The van der Waals surface area contributed by atoms with Gasteiger partial charge in [-0.05, 0) is 22.6 Å². The van der Waals surface area contributed by atoms with Crippen LogP contribution in [0.1, 0.15) is 43.4 Å². The summed E-state index contributed by atoms with van der Waals surface area (Å²) >= 11 is 0. The quantitative estimate of drug-likeness (QED) is 0.665. The third-order valence-electron chi connectivity index (χ3n) is 2.70. The maximum atomic E-state index is 3.90. The molecule has 0 saturated carbocycles. The molecule has 0 saturated heterocycles. The molecule has 1 rings (SSSR count). The first kappa shape index (κ1) is 11.8. The molecule has 0 fully saturated rings. The lowest BCUT2D eigenvalue weighted by molar-refractivity contribution is 0.861. The van der Waals surface area contributed by atoms with Gasteiger partial charge in [0.15, 0.2) is 0 Å². The Morgan fingerprint density at radius 2 is 1.93 bits per heavy atom. The van der Waals surface area contributed by atoms with Gasteiger partial charge in [0.2, 0.25) is 0 Å². The minimum absolute atomic E-state index is 0.524. The van der Waals surface area contributed by atoms with Gasteiger partial charge in [-0.2, -0.15) is 0 Å². The summed E-state index contributed by atoms with van der Waals surface area (Å²) in [5, 5.41) is 0. The first-order valence-electron chi connectivity index (χ1n) is 5.33. The van der Waals surface area contributed by atoms with E-state index in [1.54, 1.807) is 0 Å². The molecule has 0 nitrogen and oxygen atoms in total. The van der Waals surface area contributed by atoms with E-state index in [9.17, 15) is 0 Å². The number of allylic oxidation sites excluding steroid dienone is 1. The molecule has 0 unspecified atom stereocenters. The SMILES string of the molecule is C=C[C](C)c1cccc(C(C)C)c1C=C. The maximum absolute atomic E-state index is 3.90. The van der Waals surface area contributed by atoms with Gasteiger partial charge in [-0.25, -0.2) is 0 Å². The van der Waals surface area contributed by atoms with E-state index in [1.807, 2.05) is 12.2 Å². The summed E-state index contributed by atoms with van der Waals surface area (Å²) in [6.45, 7) is 14.2. The van der Waals surface area contributed by atoms with Crippen LogP contribution in [-0.4, -0.2) is 0 Å². The van der Waals surface area contributed by atoms with E-state index in [-0.39, 0.29) is 0 Å². The van der Waals surface area contributed by atoms with Gasteiger partial charge < -0.3 is 0 Å². The molecule has 0 aliphatic rings. The summed E-state index contributed by atoms with van der Waals surface area (Å²) in [5.41, 5.74) is 3.83. The third kappa shape index (κ3) is 2.38. The fourth-order valence-corrected chi connectivity index (χ4v) is 1.77. The highest BCUT2D eigenvalue weighted by atomic mass is 14.2. The second-order valence-electron chi connectivity index (χ2n) is 4.05. The molecule has 1 radical (unpaired) electrons. The average molecular weight is 199 g/mol. The monoisotopic (exact) mass is 199 g/mol. The molecule has 0 N–H and O–H groups in total. The third-order valence-corrected chi connectivity index (χ3v) is 2.70. The lowest BCUT2D eigenvalue weighted by atomic mass is 9.88. The highest BCUT2D eigenvalue weighted by Gasteiger charge is 2.11. The molecule has 0 aliphatic heterocycles. The zero-order chi connectivity index (χ0) is 11.4. The van der Waals surface area contributed by atoms with Crippen LogP contribution in [-0.2, 0) is 0 Å². The molecule has 15 heavy (non-hydrogen) atoms. The van der Waals surface area contributed by atoms with Crippen molar-refractivity contribution in [1.82, 2.24) is 0 Å². The molecular weight excluding hydrogens is 180 g/mol. The summed E-state index contributed by atoms with van der Waals surface area (Å²) < 4.78 is 0. The van der Waals surface area contributed by atoms with Crippen LogP contribution in [0.2, 0.25) is 0 Å². The Morgan fingerprint density at radius 3 is 2.40 bits per heavy atom. The Balaban J connectivity index is 3.34. The van der Waals surface area contributed by atoms with Crippen LogP contribution < -0.4 is 0 Å². The van der Waals surface area contributed by atoms with Gasteiger partial charge in [0.1, 0.15) is 0 Å². The predicted molar refractivity (Wildman–Crippen MR) is 68.8 cm³/mol. The molecule has 1 aromatic carbocycles. The second kappa shape index (κ2) is 4.97. The summed E-state index contributed by atoms with van der Waals surface area (Å²) in [6.07, 6.45) is 3.84. The van der Waals surface area contributed by atoms with E-state index in [1.165, 1.54) is 22.6 Å². The summed E-state index contributed by atoms with van der Waals surface area (Å²) in [6, 6.07) is 6.39. The summed E-state index contributed by atoms with van der Waals surface area (Å²) in [4.78, 5) is 0. The van der Waals surface area contributed by atoms with Crippen molar-refractivity contribution in [2.24, 2.45) is 0 Å². The molecule has 0 heteroatoms. The van der Waals surface area contributed by atoms with E-state index in [4.69, 9.17) is 0 Å². The van der Waals surface area contributed by atoms with Crippen molar-refractivity contribution in [3.63, 3.8) is 0 Å². The van der Waals surface area contributed by atoms with Crippen molar-refractivity contribution in [3.05, 3.63) is 60.0 Å². The number of benzene rings is 1. The minimum Gasteiger partial charge on any atom is -0.102 e. The normalized spacial score (nSPS) is 10.7. The average Bonchev–Trinajstić information content (AvgIpc) is 2.26. The Morgan fingerprint density at radius 1 is 1.27 bits per heavy atom. The van der Waals surface area contributed by atoms with Crippen LogP contribution in [0.25, 0.3) is 6.08 Å². The van der Waals surface area contributed by atoms with Gasteiger partial charge in [-0.1, -0.05) is 57.7 Å².